The Morgan fingerprint density at radius 1 is 1.04 bits per heavy atom. The topological polar surface area (TPSA) is 62.7 Å². The lowest BCUT2D eigenvalue weighted by Gasteiger charge is -2.35. The average molecular weight is 367 g/mol. The highest BCUT2D eigenvalue weighted by Crippen LogP contribution is 2.28. The second-order valence-electron chi connectivity index (χ2n) is 6.52. The van der Waals surface area contributed by atoms with Gasteiger partial charge in [0.05, 0.1) is 0 Å². The van der Waals surface area contributed by atoms with Gasteiger partial charge in [0.2, 0.25) is 0 Å². The maximum atomic E-state index is 11.3. The number of carbonyl (C=O) groups excluding carboxylic acids is 1. The average Bonchev–Trinajstić information content (AvgIpc) is 3.08. The fourth-order valence-electron chi connectivity index (χ4n) is 3.13. The van der Waals surface area contributed by atoms with Gasteiger partial charge < -0.3 is 15.1 Å². The Labute approximate surface area is 156 Å². The maximum Gasteiger partial charge on any atom is 0.284 e. The molecule has 2 heterocycles. The molecular weight excluding hydrogens is 346 g/mol. The highest BCUT2D eigenvalue weighted by atomic mass is 32.2. The molecule has 5 nitrogen and oxygen atoms in total. The van der Waals surface area contributed by atoms with Crippen molar-refractivity contribution in [1.82, 2.24) is 4.31 Å². The predicted molar refractivity (Wildman–Crippen MR) is 106 cm³/mol. The Hall–Kier alpha value is -2.44. The van der Waals surface area contributed by atoms with Gasteiger partial charge in [-0.25, -0.2) is 4.31 Å². The van der Waals surface area contributed by atoms with Gasteiger partial charge in [0, 0.05) is 42.1 Å². The van der Waals surface area contributed by atoms with Crippen LogP contribution in [0.2, 0.25) is 0 Å². The molecule has 1 aliphatic heterocycles. The number of primary amides is 1. The Morgan fingerprint density at radius 3 is 2.46 bits per heavy atom. The minimum Gasteiger partial charge on any atom is -0.451 e. The zero-order valence-corrected chi connectivity index (χ0v) is 15.5. The number of rotatable bonds is 4. The number of amides is 1. The molecule has 0 atom stereocenters. The van der Waals surface area contributed by atoms with Gasteiger partial charge in [0.15, 0.2) is 5.76 Å². The third-order valence-corrected chi connectivity index (χ3v) is 5.71. The first kappa shape index (κ1) is 17.0. The molecule has 0 unspecified atom stereocenters. The van der Waals surface area contributed by atoms with E-state index in [9.17, 15) is 4.79 Å². The first-order chi connectivity index (χ1) is 12.6. The summed E-state index contributed by atoms with van der Waals surface area (Å²) in [4.78, 5) is 14.9. The van der Waals surface area contributed by atoms with Gasteiger partial charge in [-0.05, 0) is 55.3 Å². The monoisotopic (exact) mass is 367 g/mol. The second-order valence-corrected chi connectivity index (χ2v) is 7.69. The van der Waals surface area contributed by atoms with Gasteiger partial charge in [0.25, 0.3) is 5.91 Å². The number of piperazine rings is 1. The van der Waals surface area contributed by atoms with Crippen LogP contribution < -0.4 is 10.6 Å². The van der Waals surface area contributed by atoms with E-state index in [1.54, 1.807) is 6.07 Å². The van der Waals surface area contributed by atoms with E-state index in [1.165, 1.54) is 10.5 Å². The fourth-order valence-corrected chi connectivity index (χ4v) is 4.04. The van der Waals surface area contributed by atoms with Gasteiger partial charge in [-0.3, -0.25) is 4.79 Å². The van der Waals surface area contributed by atoms with Gasteiger partial charge >= 0.3 is 0 Å². The van der Waals surface area contributed by atoms with Crippen molar-refractivity contribution >= 4 is 34.5 Å². The SMILES string of the molecule is Cc1ccc(SN2CCN(c3ccc4oc(C(N)=O)cc4c3)CC2)cc1. The molecule has 26 heavy (non-hydrogen) atoms. The third-order valence-electron chi connectivity index (χ3n) is 4.60. The van der Waals surface area contributed by atoms with E-state index in [0.717, 1.165) is 37.3 Å². The van der Waals surface area contributed by atoms with Crippen LogP contribution in [0.1, 0.15) is 16.1 Å². The number of anilines is 1. The number of carbonyl (C=O) groups is 1. The Bertz CT molecular complexity index is 928. The molecule has 134 valence electrons. The van der Waals surface area contributed by atoms with Crippen LogP contribution in [0, 0.1) is 6.92 Å². The standard InChI is InChI=1S/C20H21N3O2S/c1-14-2-5-17(6-3-14)26-23-10-8-22(9-11-23)16-4-7-18-15(12-16)13-19(25-18)20(21)24/h2-7,12-13H,8-11H2,1H3,(H2,21,24). The smallest absolute Gasteiger partial charge is 0.284 e. The summed E-state index contributed by atoms with van der Waals surface area (Å²) in [6.45, 7) is 6.02. The molecule has 0 aliphatic carbocycles. The van der Waals surface area contributed by atoms with E-state index in [2.05, 4.69) is 46.5 Å². The molecule has 1 aliphatic rings. The number of hydrogen-bond donors (Lipinski definition) is 1. The number of fused-ring (bicyclic) bond motifs is 1. The van der Waals surface area contributed by atoms with E-state index >= 15 is 0 Å². The van der Waals surface area contributed by atoms with E-state index in [0.29, 0.717) is 5.58 Å². The number of nitrogens with zero attached hydrogens (tertiary/aromatic N) is 2. The molecule has 1 amide bonds. The quantitative estimate of drug-likeness (QED) is 0.713. The van der Waals surface area contributed by atoms with Crippen molar-refractivity contribution in [3.63, 3.8) is 0 Å². The molecule has 2 N–H and O–H groups in total. The van der Waals surface area contributed by atoms with E-state index in [4.69, 9.17) is 10.2 Å². The zero-order chi connectivity index (χ0) is 18.1. The molecule has 4 rings (SSSR count). The van der Waals surface area contributed by atoms with Crippen molar-refractivity contribution in [2.45, 2.75) is 11.8 Å². The fraction of sp³-hybridized carbons (Fsp3) is 0.250. The summed E-state index contributed by atoms with van der Waals surface area (Å²) < 4.78 is 7.86. The molecule has 1 fully saturated rings. The minimum absolute atomic E-state index is 0.205. The molecule has 6 heteroatoms. The summed E-state index contributed by atoms with van der Waals surface area (Å²) in [6.07, 6.45) is 0. The van der Waals surface area contributed by atoms with Crippen LogP contribution in [0.3, 0.4) is 0 Å². The third kappa shape index (κ3) is 3.57. The lowest BCUT2D eigenvalue weighted by Crippen LogP contribution is -2.43. The van der Waals surface area contributed by atoms with Crippen molar-refractivity contribution in [1.29, 1.82) is 0 Å². The van der Waals surface area contributed by atoms with Crippen molar-refractivity contribution in [2.75, 3.05) is 31.1 Å². The molecule has 1 saturated heterocycles. The Balaban J connectivity index is 1.41. The number of benzene rings is 2. The van der Waals surface area contributed by atoms with Crippen LogP contribution in [-0.2, 0) is 0 Å². The predicted octanol–water partition coefficient (Wildman–Crippen LogP) is 3.67. The normalized spacial score (nSPS) is 15.5. The van der Waals surface area contributed by atoms with Crippen molar-refractivity contribution in [3.05, 3.63) is 59.9 Å². The summed E-state index contributed by atoms with van der Waals surface area (Å²) in [6, 6.07) is 16.4. The number of hydrogen-bond acceptors (Lipinski definition) is 5. The van der Waals surface area contributed by atoms with Crippen molar-refractivity contribution in [3.8, 4) is 0 Å². The highest BCUT2D eigenvalue weighted by molar-refractivity contribution is 7.97. The van der Waals surface area contributed by atoms with Gasteiger partial charge in [-0.2, -0.15) is 0 Å². The molecular formula is C20H21N3O2S. The van der Waals surface area contributed by atoms with Crippen LogP contribution in [-0.4, -0.2) is 36.4 Å². The molecule has 1 aromatic heterocycles. The Kier molecular flexibility index (Phi) is 4.61. The van der Waals surface area contributed by atoms with E-state index in [-0.39, 0.29) is 5.76 Å². The van der Waals surface area contributed by atoms with Crippen molar-refractivity contribution in [2.24, 2.45) is 5.73 Å². The summed E-state index contributed by atoms with van der Waals surface area (Å²) in [7, 11) is 0. The van der Waals surface area contributed by atoms with Crippen LogP contribution in [0.4, 0.5) is 5.69 Å². The van der Waals surface area contributed by atoms with Crippen LogP contribution in [0.15, 0.2) is 57.8 Å². The molecule has 0 saturated carbocycles. The van der Waals surface area contributed by atoms with E-state index in [1.807, 2.05) is 24.1 Å². The molecule has 0 spiro atoms. The number of aryl methyl sites for hydroxylation is 1. The van der Waals surface area contributed by atoms with Crippen molar-refractivity contribution < 1.29 is 9.21 Å². The largest absolute Gasteiger partial charge is 0.451 e. The number of nitrogens with two attached hydrogens (primary N) is 1. The molecule has 2 aromatic carbocycles. The van der Waals surface area contributed by atoms with Gasteiger partial charge in [-0.15, -0.1) is 0 Å². The highest BCUT2D eigenvalue weighted by Gasteiger charge is 2.19. The van der Waals surface area contributed by atoms with Crippen LogP contribution in [0.25, 0.3) is 11.0 Å². The lowest BCUT2D eigenvalue weighted by molar-refractivity contribution is 0.0976. The Morgan fingerprint density at radius 2 is 1.77 bits per heavy atom. The molecule has 0 bridgehead atoms. The first-order valence-corrected chi connectivity index (χ1v) is 9.44. The summed E-state index contributed by atoms with van der Waals surface area (Å²) in [5.41, 5.74) is 8.42. The molecule has 0 radical (unpaired) electrons. The van der Waals surface area contributed by atoms with Crippen LogP contribution >= 0.6 is 11.9 Å². The zero-order valence-electron chi connectivity index (χ0n) is 14.6. The van der Waals surface area contributed by atoms with Crippen LogP contribution in [0.5, 0.6) is 0 Å². The summed E-state index contributed by atoms with van der Waals surface area (Å²) >= 11 is 1.82. The second kappa shape index (κ2) is 7.05. The van der Waals surface area contributed by atoms with E-state index < -0.39 is 5.91 Å². The summed E-state index contributed by atoms with van der Waals surface area (Å²) in [5, 5.41) is 0.910. The summed E-state index contributed by atoms with van der Waals surface area (Å²) in [5.74, 6) is -0.332. The molecule has 3 aromatic rings. The lowest BCUT2D eigenvalue weighted by atomic mass is 10.2. The maximum absolute atomic E-state index is 11.3. The van der Waals surface area contributed by atoms with Gasteiger partial charge in [-0.1, -0.05) is 17.7 Å². The van der Waals surface area contributed by atoms with Gasteiger partial charge in [0.1, 0.15) is 5.58 Å². The number of furan rings is 1. The minimum atomic E-state index is -0.538. The first-order valence-electron chi connectivity index (χ1n) is 8.66.